The Morgan fingerprint density at radius 1 is 1.08 bits per heavy atom. The van der Waals surface area contributed by atoms with Crippen molar-refractivity contribution in [1.29, 1.82) is 0 Å². The van der Waals surface area contributed by atoms with Crippen LogP contribution in [0.5, 0.6) is 0 Å². The molecule has 0 unspecified atom stereocenters. The molecule has 2 aromatic carbocycles. The molecule has 0 radical (unpaired) electrons. The van der Waals surface area contributed by atoms with E-state index in [-0.39, 0.29) is 5.63 Å². The highest BCUT2D eigenvalue weighted by Gasteiger charge is 2.32. The predicted octanol–water partition coefficient (Wildman–Crippen LogP) is 4.47. The number of fused-ring (bicyclic) bond motifs is 3. The van der Waals surface area contributed by atoms with Crippen molar-refractivity contribution in [2.24, 2.45) is 0 Å². The molecule has 0 bridgehead atoms. The summed E-state index contributed by atoms with van der Waals surface area (Å²) in [6.45, 7) is 0.862. The maximum Gasteiger partial charge on any atom is 0.336 e. The van der Waals surface area contributed by atoms with Crippen LogP contribution in [-0.4, -0.2) is 24.6 Å². The maximum atomic E-state index is 12.1. The van der Waals surface area contributed by atoms with Crippen molar-refractivity contribution in [3.63, 3.8) is 0 Å². The molecule has 3 nitrogen and oxygen atoms in total. The molecule has 0 aliphatic heterocycles. The zero-order valence-electron chi connectivity index (χ0n) is 14.4. The van der Waals surface area contributed by atoms with Crippen LogP contribution in [-0.2, 0) is 6.54 Å². The first-order chi connectivity index (χ1) is 11.5. The van der Waals surface area contributed by atoms with Crippen molar-refractivity contribution in [3.8, 4) is 0 Å². The lowest BCUT2D eigenvalue weighted by Crippen LogP contribution is -2.46. The molecule has 0 spiro atoms. The number of hydrogen-bond donors (Lipinski definition) is 0. The molecule has 1 aliphatic carbocycles. The van der Waals surface area contributed by atoms with Gasteiger partial charge in [0.1, 0.15) is 12.1 Å². The largest absolute Gasteiger partial charge is 0.423 e. The lowest BCUT2D eigenvalue weighted by atomic mass is 10.0. The minimum atomic E-state index is -0.251. The second kappa shape index (κ2) is 5.75. The van der Waals surface area contributed by atoms with Gasteiger partial charge in [-0.2, -0.15) is 0 Å². The van der Waals surface area contributed by atoms with Gasteiger partial charge >= 0.3 is 5.63 Å². The molecule has 1 saturated carbocycles. The van der Waals surface area contributed by atoms with Crippen LogP contribution in [0.2, 0.25) is 0 Å². The molecule has 0 saturated heterocycles. The fraction of sp³-hybridized carbons (Fsp3) is 0.381. The summed E-state index contributed by atoms with van der Waals surface area (Å²) >= 11 is 0. The van der Waals surface area contributed by atoms with Gasteiger partial charge in [0.05, 0.1) is 20.1 Å². The fourth-order valence-electron chi connectivity index (χ4n) is 4.32. The summed E-state index contributed by atoms with van der Waals surface area (Å²) in [5.74, 6) is 0. The van der Waals surface area contributed by atoms with Crippen LogP contribution < -0.4 is 5.63 Å². The summed E-state index contributed by atoms with van der Waals surface area (Å²) in [4.78, 5) is 12.1. The lowest BCUT2D eigenvalue weighted by molar-refractivity contribution is -0.927. The summed E-state index contributed by atoms with van der Waals surface area (Å²) in [5, 5.41) is 3.45. The van der Waals surface area contributed by atoms with E-state index >= 15 is 0 Å². The topological polar surface area (TPSA) is 30.2 Å². The Morgan fingerprint density at radius 3 is 2.62 bits per heavy atom. The van der Waals surface area contributed by atoms with Gasteiger partial charge in [0, 0.05) is 17.0 Å². The SMILES string of the molecule is C[N+](C)(Cc1cc(=O)oc2ccc3ccccc3c12)C1CCCC1. The normalized spacial score (nSPS) is 16.2. The highest BCUT2D eigenvalue weighted by molar-refractivity contribution is 6.06. The quantitative estimate of drug-likeness (QED) is 0.405. The smallest absolute Gasteiger partial charge is 0.336 e. The number of hydrogen-bond acceptors (Lipinski definition) is 2. The van der Waals surface area contributed by atoms with Gasteiger partial charge in [-0.3, -0.25) is 0 Å². The highest BCUT2D eigenvalue weighted by Crippen LogP contribution is 2.32. The van der Waals surface area contributed by atoms with Crippen LogP contribution >= 0.6 is 0 Å². The van der Waals surface area contributed by atoms with Crippen LogP contribution in [0.25, 0.3) is 21.7 Å². The van der Waals surface area contributed by atoms with Crippen LogP contribution in [0.3, 0.4) is 0 Å². The van der Waals surface area contributed by atoms with E-state index in [1.807, 2.05) is 24.3 Å². The molecule has 3 heteroatoms. The molecule has 1 aliphatic rings. The monoisotopic (exact) mass is 322 g/mol. The first-order valence-electron chi connectivity index (χ1n) is 8.82. The third-order valence-corrected chi connectivity index (χ3v) is 5.61. The maximum absolute atomic E-state index is 12.1. The first-order valence-corrected chi connectivity index (χ1v) is 8.82. The molecule has 4 rings (SSSR count). The lowest BCUT2D eigenvalue weighted by Gasteiger charge is -2.36. The molecule has 0 atom stereocenters. The van der Waals surface area contributed by atoms with E-state index in [1.165, 1.54) is 36.5 Å². The van der Waals surface area contributed by atoms with Crippen molar-refractivity contribution in [1.82, 2.24) is 0 Å². The molecular weight excluding hydrogens is 298 g/mol. The Morgan fingerprint density at radius 2 is 1.83 bits per heavy atom. The van der Waals surface area contributed by atoms with E-state index in [1.54, 1.807) is 6.07 Å². The zero-order chi connectivity index (χ0) is 16.7. The van der Waals surface area contributed by atoms with Crippen LogP contribution in [0.4, 0.5) is 0 Å². The summed E-state index contributed by atoms with van der Waals surface area (Å²) in [7, 11) is 4.59. The first kappa shape index (κ1) is 15.4. The molecule has 1 aromatic heterocycles. The average Bonchev–Trinajstić information content (AvgIpc) is 3.09. The second-order valence-corrected chi connectivity index (χ2v) is 7.63. The van der Waals surface area contributed by atoms with Crippen molar-refractivity contribution in [2.45, 2.75) is 38.3 Å². The number of rotatable bonds is 3. The van der Waals surface area contributed by atoms with Crippen molar-refractivity contribution in [3.05, 3.63) is 58.4 Å². The predicted molar refractivity (Wildman–Crippen MR) is 98.1 cm³/mol. The van der Waals surface area contributed by atoms with Gasteiger partial charge < -0.3 is 8.90 Å². The third-order valence-electron chi connectivity index (χ3n) is 5.61. The minimum Gasteiger partial charge on any atom is -0.423 e. The molecular formula is C21H24NO2+. The standard InChI is InChI=1S/C21H24NO2/c1-22(2,17-8-4-5-9-17)14-16-13-20(23)24-19-12-11-15-7-3-6-10-18(15)21(16)19/h3,6-7,10-13,17H,4-5,8-9,14H2,1-2H3/q+1. The Balaban J connectivity index is 1.90. The van der Waals surface area contributed by atoms with Gasteiger partial charge in [0.15, 0.2) is 0 Å². The molecule has 124 valence electrons. The molecule has 0 amide bonds. The Hall–Kier alpha value is -2.13. The third kappa shape index (κ3) is 2.63. The number of benzene rings is 2. The van der Waals surface area contributed by atoms with Gasteiger partial charge in [0.2, 0.25) is 0 Å². The summed E-state index contributed by atoms with van der Waals surface area (Å²) < 4.78 is 6.42. The Kier molecular flexibility index (Phi) is 3.69. The molecule has 0 N–H and O–H groups in total. The number of quaternary nitrogens is 1. The molecule has 3 aromatic rings. The van der Waals surface area contributed by atoms with Crippen molar-refractivity contribution < 1.29 is 8.90 Å². The van der Waals surface area contributed by atoms with E-state index < -0.39 is 0 Å². The molecule has 24 heavy (non-hydrogen) atoms. The summed E-state index contributed by atoms with van der Waals surface area (Å²) in [6, 6.07) is 14.7. The van der Waals surface area contributed by atoms with E-state index in [9.17, 15) is 4.79 Å². The van der Waals surface area contributed by atoms with Crippen molar-refractivity contribution in [2.75, 3.05) is 14.1 Å². The summed E-state index contributed by atoms with van der Waals surface area (Å²) in [5.41, 5.74) is 1.55. The molecule has 1 fully saturated rings. The van der Waals surface area contributed by atoms with Crippen LogP contribution in [0, 0.1) is 0 Å². The number of nitrogens with zero attached hydrogens (tertiary/aromatic N) is 1. The highest BCUT2D eigenvalue weighted by atomic mass is 16.4. The molecule has 1 heterocycles. The summed E-state index contributed by atoms with van der Waals surface area (Å²) in [6.07, 6.45) is 5.22. The van der Waals surface area contributed by atoms with Gasteiger partial charge in [-0.25, -0.2) is 4.79 Å². The van der Waals surface area contributed by atoms with Crippen LogP contribution in [0.15, 0.2) is 51.7 Å². The van der Waals surface area contributed by atoms with E-state index in [4.69, 9.17) is 4.42 Å². The van der Waals surface area contributed by atoms with Gasteiger partial charge in [0.25, 0.3) is 0 Å². The van der Waals surface area contributed by atoms with Gasteiger partial charge in [-0.05, 0) is 42.5 Å². The van der Waals surface area contributed by atoms with Crippen LogP contribution in [0.1, 0.15) is 31.2 Å². The van der Waals surface area contributed by atoms with E-state index in [2.05, 4.69) is 26.2 Å². The zero-order valence-corrected chi connectivity index (χ0v) is 14.4. The second-order valence-electron chi connectivity index (χ2n) is 7.63. The Bertz CT molecular complexity index is 949. The minimum absolute atomic E-state index is 0.251. The fourth-order valence-corrected chi connectivity index (χ4v) is 4.32. The Labute approximate surface area is 142 Å². The van der Waals surface area contributed by atoms with Gasteiger partial charge in [-0.15, -0.1) is 0 Å². The van der Waals surface area contributed by atoms with E-state index in [0.717, 1.165) is 22.0 Å². The van der Waals surface area contributed by atoms with Crippen molar-refractivity contribution >= 4 is 21.7 Å². The van der Waals surface area contributed by atoms with Gasteiger partial charge in [-0.1, -0.05) is 30.3 Å². The average molecular weight is 322 g/mol. The van der Waals surface area contributed by atoms with E-state index in [0.29, 0.717) is 11.6 Å².